The first-order valence-electron chi connectivity index (χ1n) is 6.89. The van der Waals surface area contributed by atoms with Crippen LogP contribution >= 0.6 is 0 Å². The van der Waals surface area contributed by atoms with Crippen LogP contribution in [0.4, 0.5) is 8.78 Å². The normalized spacial score (nSPS) is 17.2. The molecular formula is C17H17F2NO. The van der Waals surface area contributed by atoms with E-state index in [1.807, 2.05) is 26.0 Å². The minimum atomic E-state index is -0.833. The molecule has 0 spiro atoms. The van der Waals surface area contributed by atoms with Crippen molar-refractivity contribution in [2.75, 3.05) is 0 Å². The lowest BCUT2D eigenvalue weighted by atomic mass is 9.94. The molecule has 2 nitrogen and oxygen atoms in total. The van der Waals surface area contributed by atoms with Crippen LogP contribution in [0.3, 0.4) is 0 Å². The summed E-state index contributed by atoms with van der Waals surface area (Å²) in [6, 6.07) is 8.39. The van der Waals surface area contributed by atoms with Crippen molar-refractivity contribution in [2.24, 2.45) is 5.73 Å². The molecule has 3 rings (SSSR count). The molecule has 2 aromatic rings. The molecule has 0 saturated heterocycles. The number of ether oxygens (including phenoxy) is 1. The fourth-order valence-corrected chi connectivity index (χ4v) is 2.80. The second-order valence-electron chi connectivity index (χ2n) is 6.02. The molecule has 0 aliphatic carbocycles. The molecular weight excluding hydrogens is 272 g/mol. The first-order valence-corrected chi connectivity index (χ1v) is 6.89. The van der Waals surface area contributed by atoms with Gasteiger partial charge in [0.25, 0.3) is 0 Å². The van der Waals surface area contributed by atoms with Gasteiger partial charge in [0.1, 0.15) is 23.0 Å². The zero-order valence-corrected chi connectivity index (χ0v) is 12.0. The van der Waals surface area contributed by atoms with Crippen LogP contribution in [0.2, 0.25) is 0 Å². The van der Waals surface area contributed by atoms with Crippen LogP contribution in [0, 0.1) is 11.6 Å². The third-order valence-electron chi connectivity index (χ3n) is 3.76. The molecule has 1 heterocycles. The Balaban J connectivity index is 1.99. The second-order valence-corrected chi connectivity index (χ2v) is 6.02. The Morgan fingerprint density at radius 3 is 2.48 bits per heavy atom. The van der Waals surface area contributed by atoms with Gasteiger partial charge in [-0.25, -0.2) is 8.78 Å². The monoisotopic (exact) mass is 289 g/mol. The summed E-state index contributed by atoms with van der Waals surface area (Å²) in [4.78, 5) is 0. The molecule has 0 amide bonds. The Morgan fingerprint density at radius 2 is 1.81 bits per heavy atom. The van der Waals surface area contributed by atoms with Crippen molar-refractivity contribution < 1.29 is 13.5 Å². The van der Waals surface area contributed by atoms with E-state index < -0.39 is 17.7 Å². The fourth-order valence-electron chi connectivity index (χ4n) is 2.80. The molecule has 4 heteroatoms. The highest BCUT2D eigenvalue weighted by atomic mass is 19.1. The molecule has 1 atom stereocenters. The van der Waals surface area contributed by atoms with Gasteiger partial charge in [0.05, 0.1) is 6.04 Å². The first kappa shape index (κ1) is 14.0. The summed E-state index contributed by atoms with van der Waals surface area (Å²) >= 11 is 0. The highest BCUT2D eigenvalue weighted by molar-refractivity contribution is 5.45. The summed E-state index contributed by atoms with van der Waals surface area (Å²) in [6.45, 7) is 4.01. The predicted octanol–water partition coefficient (Wildman–Crippen LogP) is 3.73. The Morgan fingerprint density at radius 1 is 1.14 bits per heavy atom. The van der Waals surface area contributed by atoms with Gasteiger partial charge >= 0.3 is 0 Å². The number of nitrogens with two attached hydrogens (primary N) is 1. The maximum Gasteiger partial charge on any atom is 0.131 e. The Labute approximate surface area is 122 Å². The average Bonchev–Trinajstić information content (AvgIpc) is 2.70. The van der Waals surface area contributed by atoms with Crippen LogP contribution in [-0.4, -0.2) is 5.60 Å². The van der Waals surface area contributed by atoms with Crippen LogP contribution in [0.25, 0.3) is 0 Å². The van der Waals surface area contributed by atoms with Crippen molar-refractivity contribution in [1.82, 2.24) is 0 Å². The van der Waals surface area contributed by atoms with E-state index in [2.05, 4.69) is 0 Å². The van der Waals surface area contributed by atoms with Crippen LogP contribution in [0.15, 0.2) is 36.4 Å². The number of benzene rings is 2. The molecule has 1 unspecified atom stereocenters. The molecule has 2 aromatic carbocycles. The Bertz CT molecular complexity index is 677. The molecule has 0 bridgehead atoms. The molecule has 0 aromatic heterocycles. The lowest BCUT2D eigenvalue weighted by Gasteiger charge is -2.16. The van der Waals surface area contributed by atoms with Crippen LogP contribution in [-0.2, 0) is 6.42 Å². The van der Waals surface area contributed by atoms with Crippen molar-refractivity contribution >= 4 is 0 Å². The molecule has 1 aliphatic rings. The maximum absolute atomic E-state index is 13.8. The molecule has 2 N–H and O–H groups in total. The first-order chi connectivity index (χ1) is 9.87. The van der Waals surface area contributed by atoms with Gasteiger partial charge in [-0.05, 0) is 43.2 Å². The number of fused-ring (bicyclic) bond motifs is 1. The zero-order chi connectivity index (χ0) is 15.2. The smallest absolute Gasteiger partial charge is 0.131 e. The van der Waals surface area contributed by atoms with Gasteiger partial charge in [0, 0.05) is 12.0 Å². The van der Waals surface area contributed by atoms with E-state index in [4.69, 9.17) is 10.5 Å². The third kappa shape index (κ3) is 2.51. The lowest BCUT2D eigenvalue weighted by Crippen LogP contribution is -2.24. The summed E-state index contributed by atoms with van der Waals surface area (Å²) in [7, 11) is 0. The van der Waals surface area contributed by atoms with Gasteiger partial charge in [0.15, 0.2) is 0 Å². The maximum atomic E-state index is 13.8. The summed E-state index contributed by atoms with van der Waals surface area (Å²) in [6.07, 6.45) is 0.753. The summed E-state index contributed by atoms with van der Waals surface area (Å²) in [5.41, 5.74) is 7.40. The van der Waals surface area contributed by atoms with Gasteiger partial charge in [-0.1, -0.05) is 18.2 Å². The minimum Gasteiger partial charge on any atom is -0.487 e. The van der Waals surface area contributed by atoms with E-state index in [9.17, 15) is 8.78 Å². The Hall–Kier alpha value is -1.94. The standard InChI is InChI=1S/C17H17F2NO/c1-17(2)9-11-8-10(6-7-14(11)21-17)16(20)15-12(18)4-3-5-13(15)19/h3-8,16H,9,20H2,1-2H3. The second kappa shape index (κ2) is 4.81. The van der Waals surface area contributed by atoms with Crippen molar-refractivity contribution in [3.05, 3.63) is 64.7 Å². The van der Waals surface area contributed by atoms with E-state index in [1.54, 1.807) is 6.07 Å². The highest BCUT2D eigenvalue weighted by Gasteiger charge is 2.30. The predicted molar refractivity (Wildman–Crippen MR) is 77.2 cm³/mol. The number of hydrogen-bond acceptors (Lipinski definition) is 2. The molecule has 0 saturated carbocycles. The zero-order valence-electron chi connectivity index (χ0n) is 12.0. The molecule has 110 valence electrons. The van der Waals surface area contributed by atoms with Gasteiger partial charge in [0.2, 0.25) is 0 Å². The quantitative estimate of drug-likeness (QED) is 0.914. The molecule has 21 heavy (non-hydrogen) atoms. The summed E-state index contributed by atoms with van der Waals surface area (Å²) in [5.74, 6) is -0.441. The fraction of sp³-hybridized carbons (Fsp3) is 0.294. The van der Waals surface area contributed by atoms with Crippen LogP contribution in [0.5, 0.6) is 5.75 Å². The summed E-state index contributed by atoms with van der Waals surface area (Å²) in [5, 5.41) is 0. The average molecular weight is 289 g/mol. The van der Waals surface area contributed by atoms with Crippen molar-refractivity contribution in [3.63, 3.8) is 0 Å². The summed E-state index contributed by atoms with van der Waals surface area (Å²) < 4.78 is 33.5. The molecule has 0 fully saturated rings. The Kier molecular flexibility index (Phi) is 3.21. The van der Waals surface area contributed by atoms with Crippen molar-refractivity contribution in [1.29, 1.82) is 0 Å². The van der Waals surface area contributed by atoms with Gasteiger partial charge in [-0.2, -0.15) is 0 Å². The SMILES string of the molecule is CC1(C)Cc2cc(C(N)c3c(F)cccc3F)ccc2O1. The van der Waals surface area contributed by atoms with Crippen molar-refractivity contribution in [3.8, 4) is 5.75 Å². The lowest BCUT2D eigenvalue weighted by molar-refractivity contribution is 0.138. The van der Waals surface area contributed by atoms with Crippen LogP contribution < -0.4 is 10.5 Å². The van der Waals surface area contributed by atoms with Gasteiger partial charge < -0.3 is 10.5 Å². The topological polar surface area (TPSA) is 35.2 Å². The van der Waals surface area contributed by atoms with Crippen LogP contribution in [0.1, 0.15) is 36.6 Å². The van der Waals surface area contributed by atoms with E-state index in [-0.39, 0.29) is 11.2 Å². The number of halogens is 2. The van der Waals surface area contributed by atoms with E-state index in [0.29, 0.717) is 5.56 Å². The third-order valence-corrected chi connectivity index (χ3v) is 3.76. The van der Waals surface area contributed by atoms with E-state index in [1.165, 1.54) is 18.2 Å². The van der Waals surface area contributed by atoms with Gasteiger partial charge in [-0.3, -0.25) is 0 Å². The van der Waals surface area contributed by atoms with E-state index >= 15 is 0 Å². The molecule has 0 radical (unpaired) electrons. The minimum absolute atomic E-state index is 0.101. The van der Waals surface area contributed by atoms with Crippen molar-refractivity contribution in [2.45, 2.75) is 31.9 Å². The largest absolute Gasteiger partial charge is 0.487 e. The highest BCUT2D eigenvalue weighted by Crippen LogP contribution is 2.37. The molecule has 1 aliphatic heterocycles. The van der Waals surface area contributed by atoms with Gasteiger partial charge in [-0.15, -0.1) is 0 Å². The number of hydrogen-bond donors (Lipinski definition) is 1. The van der Waals surface area contributed by atoms with E-state index in [0.717, 1.165) is 17.7 Å². The number of rotatable bonds is 2.